The maximum Gasteiger partial charge on any atom is 0.225 e. The molecule has 0 atom stereocenters. The molecule has 0 aromatic heterocycles. The van der Waals surface area contributed by atoms with Gasteiger partial charge in [0.25, 0.3) is 0 Å². The Morgan fingerprint density at radius 3 is 2.38 bits per heavy atom. The van der Waals surface area contributed by atoms with Crippen molar-refractivity contribution in [2.45, 2.75) is 26.3 Å². The molecule has 0 spiro atoms. The second-order valence-corrected chi connectivity index (χ2v) is 5.95. The van der Waals surface area contributed by atoms with Crippen LogP contribution in [0.15, 0.2) is 24.3 Å². The summed E-state index contributed by atoms with van der Waals surface area (Å²) in [5.41, 5.74) is 1.31. The van der Waals surface area contributed by atoms with Gasteiger partial charge in [0, 0.05) is 38.6 Å². The van der Waals surface area contributed by atoms with E-state index < -0.39 is 0 Å². The van der Waals surface area contributed by atoms with Gasteiger partial charge in [-0.1, -0.05) is 12.1 Å². The molecular formula is C17H24N2O2. The molecule has 1 aromatic rings. The van der Waals surface area contributed by atoms with Crippen molar-refractivity contribution >= 4 is 5.91 Å². The van der Waals surface area contributed by atoms with E-state index in [0.717, 1.165) is 51.3 Å². The first kappa shape index (κ1) is 14.4. The van der Waals surface area contributed by atoms with Crippen molar-refractivity contribution in [1.82, 2.24) is 9.80 Å². The molecule has 1 saturated carbocycles. The lowest BCUT2D eigenvalue weighted by atomic mass is 10.2. The smallest absolute Gasteiger partial charge is 0.225 e. The lowest BCUT2D eigenvalue weighted by Crippen LogP contribution is -2.48. The summed E-state index contributed by atoms with van der Waals surface area (Å²) in [5, 5.41) is 0. The van der Waals surface area contributed by atoms with Crippen LogP contribution in [0.3, 0.4) is 0 Å². The molecule has 0 radical (unpaired) electrons. The van der Waals surface area contributed by atoms with Crippen LogP contribution >= 0.6 is 0 Å². The van der Waals surface area contributed by atoms with Crippen LogP contribution in [-0.2, 0) is 11.3 Å². The first-order chi connectivity index (χ1) is 10.3. The van der Waals surface area contributed by atoms with Gasteiger partial charge in [-0.3, -0.25) is 9.69 Å². The molecule has 21 heavy (non-hydrogen) atoms. The molecule has 4 nitrogen and oxygen atoms in total. The normalized spacial score (nSPS) is 19.6. The molecular weight excluding hydrogens is 264 g/mol. The van der Waals surface area contributed by atoms with Crippen molar-refractivity contribution in [2.24, 2.45) is 5.92 Å². The average molecular weight is 288 g/mol. The van der Waals surface area contributed by atoms with Crippen molar-refractivity contribution < 1.29 is 9.53 Å². The predicted molar refractivity (Wildman–Crippen MR) is 82.2 cm³/mol. The molecule has 1 heterocycles. The van der Waals surface area contributed by atoms with Crippen LogP contribution in [0.25, 0.3) is 0 Å². The van der Waals surface area contributed by atoms with Gasteiger partial charge in [0.2, 0.25) is 5.91 Å². The zero-order valence-electron chi connectivity index (χ0n) is 12.8. The van der Waals surface area contributed by atoms with Crippen LogP contribution in [0.5, 0.6) is 5.75 Å². The quantitative estimate of drug-likeness (QED) is 0.832. The molecule has 1 amide bonds. The maximum absolute atomic E-state index is 12.0. The van der Waals surface area contributed by atoms with E-state index >= 15 is 0 Å². The number of hydrogen-bond acceptors (Lipinski definition) is 3. The fourth-order valence-electron chi connectivity index (χ4n) is 2.83. The molecule has 4 heteroatoms. The Morgan fingerprint density at radius 1 is 1.14 bits per heavy atom. The van der Waals surface area contributed by atoms with E-state index in [1.807, 2.05) is 24.0 Å². The minimum Gasteiger partial charge on any atom is -0.494 e. The van der Waals surface area contributed by atoms with Crippen molar-refractivity contribution in [1.29, 1.82) is 0 Å². The summed E-state index contributed by atoms with van der Waals surface area (Å²) in [6, 6.07) is 8.33. The maximum atomic E-state index is 12.0. The Kier molecular flexibility index (Phi) is 4.44. The zero-order chi connectivity index (χ0) is 14.7. The molecule has 114 valence electrons. The number of hydrogen-bond donors (Lipinski definition) is 0. The van der Waals surface area contributed by atoms with Crippen molar-refractivity contribution in [3.63, 3.8) is 0 Å². The molecule has 0 bridgehead atoms. The third-order valence-electron chi connectivity index (χ3n) is 4.25. The van der Waals surface area contributed by atoms with E-state index in [9.17, 15) is 4.79 Å². The topological polar surface area (TPSA) is 32.8 Å². The fraction of sp³-hybridized carbons (Fsp3) is 0.588. The summed E-state index contributed by atoms with van der Waals surface area (Å²) >= 11 is 0. The Bertz CT molecular complexity index is 474. The van der Waals surface area contributed by atoms with Gasteiger partial charge in [0.05, 0.1) is 6.61 Å². The summed E-state index contributed by atoms with van der Waals surface area (Å²) in [6.45, 7) is 7.38. The number of rotatable bonds is 5. The van der Waals surface area contributed by atoms with E-state index in [1.165, 1.54) is 5.56 Å². The van der Waals surface area contributed by atoms with E-state index in [1.54, 1.807) is 0 Å². The molecule has 0 N–H and O–H groups in total. The number of benzene rings is 1. The Labute approximate surface area is 126 Å². The van der Waals surface area contributed by atoms with Crippen LogP contribution in [0.1, 0.15) is 25.3 Å². The molecule has 3 rings (SSSR count). The van der Waals surface area contributed by atoms with Crippen molar-refractivity contribution in [2.75, 3.05) is 32.8 Å². The first-order valence-corrected chi connectivity index (χ1v) is 7.99. The fourth-order valence-corrected chi connectivity index (χ4v) is 2.83. The number of piperazine rings is 1. The molecule has 1 aromatic carbocycles. The van der Waals surface area contributed by atoms with Gasteiger partial charge in [0.15, 0.2) is 0 Å². The Balaban J connectivity index is 1.47. The Morgan fingerprint density at radius 2 is 1.81 bits per heavy atom. The highest BCUT2D eigenvalue weighted by Gasteiger charge is 2.34. The van der Waals surface area contributed by atoms with E-state index in [0.29, 0.717) is 18.4 Å². The number of nitrogens with zero attached hydrogens (tertiary/aromatic N) is 2. The molecule has 1 aliphatic carbocycles. The zero-order valence-corrected chi connectivity index (χ0v) is 12.8. The number of carbonyl (C=O) groups is 1. The first-order valence-electron chi connectivity index (χ1n) is 7.99. The lowest BCUT2D eigenvalue weighted by Gasteiger charge is -2.34. The standard InChI is InChI=1S/C17H24N2O2/c1-2-21-16-7-3-14(4-8-16)13-18-9-11-19(12-10-18)17(20)15-5-6-15/h3-4,7-8,15H,2,5-6,9-13H2,1H3. The highest BCUT2D eigenvalue weighted by Crippen LogP contribution is 2.31. The van der Waals surface area contributed by atoms with Crippen molar-refractivity contribution in [3.05, 3.63) is 29.8 Å². The van der Waals surface area contributed by atoms with Gasteiger partial charge in [-0.25, -0.2) is 0 Å². The minimum atomic E-state index is 0.350. The van der Waals surface area contributed by atoms with Crippen LogP contribution in [0.4, 0.5) is 0 Å². The van der Waals surface area contributed by atoms with E-state index in [4.69, 9.17) is 4.74 Å². The number of carbonyl (C=O) groups excluding carboxylic acids is 1. The summed E-state index contributed by atoms with van der Waals surface area (Å²) in [5.74, 6) is 1.67. The summed E-state index contributed by atoms with van der Waals surface area (Å²) in [4.78, 5) is 16.5. The summed E-state index contributed by atoms with van der Waals surface area (Å²) in [6.07, 6.45) is 2.20. The largest absolute Gasteiger partial charge is 0.494 e. The SMILES string of the molecule is CCOc1ccc(CN2CCN(C(=O)C3CC3)CC2)cc1. The van der Waals surface area contributed by atoms with Crippen LogP contribution < -0.4 is 4.74 Å². The van der Waals surface area contributed by atoms with Crippen molar-refractivity contribution in [3.8, 4) is 5.75 Å². The van der Waals surface area contributed by atoms with Crippen LogP contribution in [0.2, 0.25) is 0 Å². The predicted octanol–water partition coefficient (Wildman–Crippen LogP) is 2.14. The monoisotopic (exact) mass is 288 g/mol. The summed E-state index contributed by atoms with van der Waals surface area (Å²) < 4.78 is 5.46. The van der Waals surface area contributed by atoms with E-state index in [-0.39, 0.29) is 0 Å². The highest BCUT2D eigenvalue weighted by atomic mass is 16.5. The lowest BCUT2D eigenvalue weighted by molar-refractivity contribution is -0.134. The second-order valence-electron chi connectivity index (χ2n) is 5.95. The van der Waals surface area contributed by atoms with E-state index in [2.05, 4.69) is 17.0 Å². The Hall–Kier alpha value is -1.55. The highest BCUT2D eigenvalue weighted by molar-refractivity contribution is 5.81. The number of amides is 1. The number of ether oxygens (including phenoxy) is 1. The average Bonchev–Trinajstić information content (AvgIpc) is 3.34. The molecule has 1 saturated heterocycles. The minimum absolute atomic E-state index is 0.350. The van der Waals surface area contributed by atoms with Crippen LogP contribution in [-0.4, -0.2) is 48.5 Å². The third kappa shape index (κ3) is 3.76. The van der Waals surface area contributed by atoms with Gasteiger partial charge >= 0.3 is 0 Å². The molecule has 0 unspecified atom stereocenters. The third-order valence-corrected chi connectivity index (χ3v) is 4.25. The van der Waals surface area contributed by atoms with Gasteiger partial charge in [-0.2, -0.15) is 0 Å². The van der Waals surface area contributed by atoms with Gasteiger partial charge in [-0.05, 0) is 37.5 Å². The molecule has 2 aliphatic rings. The molecule has 2 fully saturated rings. The van der Waals surface area contributed by atoms with Gasteiger partial charge < -0.3 is 9.64 Å². The summed E-state index contributed by atoms with van der Waals surface area (Å²) in [7, 11) is 0. The molecule has 1 aliphatic heterocycles. The van der Waals surface area contributed by atoms with Crippen LogP contribution in [0, 0.1) is 5.92 Å². The second kappa shape index (κ2) is 6.48. The van der Waals surface area contributed by atoms with Gasteiger partial charge in [0.1, 0.15) is 5.75 Å². The van der Waals surface area contributed by atoms with Gasteiger partial charge in [-0.15, -0.1) is 0 Å².